The second-order valence-corrected chi connectivity index (χ2v) is 6.81. The molecule has 1 aromatic carbocycles. The number of carbonyl (C=O) groups is 1. The number of H-pyrrole nitrogens is 1. The third-order valence-corrected chi connectivity index (χ3v) is 4.86. The summed E-state index contributed by atoms with van der Waals surface area (Å²) >= 11 is 0. The van der Waals surface area contributed by atoms with Gasteiger partial charge in [0.1, 0.15) is 5.82 Å². The van der Waals surface area contributed by atoms with Gasteiger partial charge in [0, 0.05) is 35.1 Å². The Bertz CT molecular complexity index is 910. The zero-order chi connectivity index (χ0) is 18.7. The van der Waals surface area contributed by atoms with Crippen LogP contribution in [0.2, 0.25) is 0 Å². The summed E-state index contributed by atoms with van der Waals surface area (Å²) in [7, 11) is 0. The average molecular weight is 356 g/mol. The number of hydrogen-bond acceptors (Lipinski definition) is 4. The van der Waals surface area contributed by atoms with E-state index in [1.54, 1.807) is 6.07 Å². The van der Waals surface area contributed by atoms with Crippen molar-refractivity contribution in [3.63, 3.8) is 0 Å². The number of piperidine rings is 1. The van der Waals surface area contributed by atoms with Crippen molar-refractivity contribution in [1.82, 2.24) is 15.6 Å². The van der Waals surface area contributed by atoms with Crippen LogP contribution in [0, 0.1) is 23.1 Å². The SMILES string of the molecule is C[C@@H](NC(=O)Cc1cc2cc(F)ccc2[nH]c1=O)C1CCC(C#N)CN1. The third-order valence-electron chi connectivity index (χ3n) is 4.86. The summed E-state index contributed by atoms with van der Waals surface area (Å²) < 4.78 is 13.4. The van der Waals surface area contributed by atoms with Gasteiger partial charge in [0.2, 0.25) is 5.91 Å². The van der Waals surface area contributed by atoms with Gasteiger partial charge in [-0.1, -0.05) is 0 Å². The van der Waals surface area contributed by atoms with Gasteiger partial charge in [0.15, 0.2) is 0 Å². The number of rotatable bonds is 4. The standard InChI is InChI=1S/C19H21FN4O2/c1-11(16-4-2-12(9-21)10-22-16)23-18(25)8-14-6-13-7-15(20)3-5-17(13)24-19(14)26/h3,5-7,11-12,16,22H,2,4,8,10H2,1H3,(H,23,25)(H,24,26)/t11-,12?,16?/m1/s1. The second-order valence-electron chi connectivity index (χ2n) is 6.81. The fourth-order valence-electron chi connectivity index (χ4n) is 3.35. The maximum absolute atomic E-state index is 13.4. The minimum absolute atomic E-state index is 0.0192. The number of amides is 1. The summed E-state index contributed by atoms with van der Waals surface area (Å²) in [6.45, 7) is 2.53. The van der Waals surface area contributed by atoms with Gasteiger partial charge in [0.25, 0.3) is 5.56 Å². The molecule has 1 amide bonds. The Kier molecular flexibility index (Phi) is 5.33. The largest absolute Gasteiger partial charge is 0.352 e. The van der Waals surface area contributed by atoms with E-state index >= 15 is 0 Å². The first-order valence-electron chi connectivity index (χ1n) is 8.70. The monoisotopic (exact) mass is 356 g/mol. The predicted octanol–water partition coefficient (Wildman–Crippen LogP) is 1.61. The van der Waals surface area contributed by atoms with Gasteiger partial charge in [-0.2, -0.15) is 5.26 Å². The molecule has 1 aliphatic heterocycles. The van der Waals surface area contributed by atoms with E-state index < -0.39 is 5.82 Å². The van der Waals surface area contributed by atoms with Gasteiger partial charge in [0.05, 0.1) is 18.4 Å². The molecule has 0 aliphatic carbocycles. The molecule has 0 saturated carbocycles. The third kappa shape index (κ3) is 4.09. The van der Waals surface area contributed by atoms with Crippen molar-refractivity contribution in [1.29, 1.82) is 5.26 Å². The van der Waals surface area contributed by atoms with Crippen LogP contribution in [0.3, 0.4) is 0 Å². The highest BCUT2D eigenvalue weighted by Gasteiger charge is 2.25. The van der Waals surface area contributed by atoms with Crippen molar-refractivity contribution >= 4 is 16.8 Å². The number of hydrogen-bond donors (Lipinski definition) is 3. The molecule has 3 atom stereocenters. The lowest BCUT2D eigenvalue weighted by molar-refractivity contribution is -0.121. The molecule has 2 aromatic rings. The molecule has 26 heavy (non-hydrogen) atoms. The Morgan fingerprint density at radius 2 is 2.23 bits per heavy atom. The molecule has 1 saturated heterocycles. The molecule has 6 nitrogen and oxygen atoms in total. The van der Waals surface area contributed by atoms with Gasteiger partial charge in [-0.25, -0.2) is 4.39 Å². The van der Waals surface area contributed by atoms with Crippen LogP contribution in [0.15, 0.2) is 29.1 Å². The number of nitrogens with one attached hydrogen (secondary N) is 3. The van der Waals surface area contributed by atoms with E-state index in [4.69, 9.17) is 5.26 Å². The predicted molar refractivity (Wildman–Crippen MR) is 96.0 cm³/mol. The van der Waals surface area contributed by atoms with Crippen molar-refractivity contribution in [3.8, 4) is 6.07 Å². The zero-order valence-corrected chi connectivity index (χ0v) is 14.5. The maximum atomic E-state index is 13.4. The minimum atomic E-state index is -0.396. The number of benzene rings is 1. The van der Waals surface area contributed by atoms with Crippen LogP contribution >= 0.6 is 0 Å². The van der Waals surface area contributed by atoms with E-state index in [1.807, 2.05) is 6.92 Å². The Morgan fingerprint density at radius 3 is 2.92 bits per heavy atom. The van der Waals surface area contributed by atoms with Gasteiger partial charge in [-0.05, 0) is 44.0 Å². The van der Waals surface area contributed by atoms with Crippen molar-refractivity contribution in [2.45, 2.75) is 38.3 Å². The Labute approximate surface area is 150 Å². The van der Waals surface area contributed by atoms with Crippen molar-refractivity contribution in [2.75, 3.05) is 6.54 Å². The van der Waals surface area contributed by atoms with Crippen molar-refractivity contribution in [3.05, 3.63) is 46.0 Å². The summed E-state index contributed by atoms with van der Waals surface area (Å²) in [6, 6.07) is 7.90. The molecule has 1 fully saturated rings. The number of fused-ring (bicyclic) bond motifs is 1. The number of pyridine rings is 1. The highest BCUT2D eigenvalue weighted by atomic mass is 19.1. The highest BCUT2D eigenvalue weighted by Crippen LogP contribution is 2.16. The van der Waals surface area contributed by atoms with Crippen LogP contribution in [0.5, 0.6) is 0 Å². The molecule has 3 N–H and O–H groups in total. The number of nitrogens with zero attached hydrogens (tertiary/aromatic N) is 1. The Balaban J connectivity index is 1.64. The first-order chi connectivity index (χ1) is 12.5. The Hall–Kier alpha value is -2.72. The Morgan fingerprint density at radius 1 is 1.42 bits per heavy atom. The molecule has 1 aliphatic rings. The summed E-state index contributed by atoms with van der Waals surface area (Å²) in [4.78, 5) is 27.1. The molecular formula is C19H21FN4O2. The zero-order valence-electron chi connectivity index (χ0n) is 14.5. The molecule has 3 rings (SSSR count). The van der Waals surface area contributed by atoms with E-state index in [0.29, 0.717) is 23.0 Å². The van der Waals surface area contributed by atoms with Crippen LogP contribution < -0.4 is 16.2 Å². The van der Waals surface area contributed by atoms with Crippen LogP contribution in [0.4, 0.5) is 4.39 Å². The minimum Gasteiger partial charge on any atom is -0.352 e. The molecule has 2 unspecified atom stereocenters. The van der Waals surface area contributed by atoms with Gasteiger partial charge < -0.3 is 15.6 Å². The molecule has 0 radical (unpaired) electrons. The lowest BCUT2D eigenvalue weighted by atomic mass is 9.92. The van der Waals surface area contributed by atoms with Crippen LogP contribution in [-0.2, 0) is 11.2 Å². The quantitative estimate of drug-likeness (QED) is 0.775. The summed E-state index contributed by atoms with van der Waals surface area (Å²) in [6.07, 6.45) is 1.56. The fourth-order valence-corrected chi connectivity index (χ4v) is 3.35. The van der Waals surface area contributed by atoms with Crippen LogP contribution in [0.1, 0.15) is 25.3 Å². The topological polar surface area (TPSA) is 97.8 Å². The van der Waals surface area contributed by atoms with E-state index in [1.165, 1.54) is 18.2 Å². The van der Waals surface area contributed by atoms with Gasteiger partial charge >= 0.3 is 0 Å². The van der Waals surface area contributed by atoms with Crippen LogP contribution in [0.25, 0.3) is 10.9 Å². The molecule has 2 heterocycles. The highest BCUT2D eigenvalue weighted by molar-refractivity contribution is 5.82. The van der Waals surface area contributed by atoms with E-state index in [0.717, 1.165) is 12.8 Å². The van der Waals surface area contributed by atoms with Crippen LogP contribution in [-0.4, -0.2) is 29.5 Å². The van der Waals surface area contributed by atoms with Crippen molar-refractivity contribution < 1.29 is 9.18 Å². The first-order valence-corrected chi connectivity index (χ1v) is 8.70. The molecule has 1 aromatic heterocycles. The smallest absolute Gasteiger partial charge is 0.252 e. The second kappa shape index (κ2) is 7.67. The lowest BCUT2D eigenvalue weighted by Crippen LogP contribution is -2.52. The number of nitriles is 1. The van der Waals surface area contributed by atoms with Gasteiger partial charge in [-0.15, -0.1) is 0 Å². The lowest BCUT2D eigenvalue weighted by Gasteiger charge is -2.31. The van der Waals surface area contributed by atoms with Gasteiger partial charge in [-0.3, -0.25) is 9.59 Å². The van der Waals surface area contributed by atoms with E-state index in [-0.39, 0.29) is 35.9 Å². The number of aromatic nitrogens is 1. The maximum Gasteiger partial charge on any atom is 0.252 e. The summed E-state index contributed by atoms with van der Waals surface area (Å²) in [5, 5.41) is 15.7. The molecular weight excluding hydrogens is 335 g/mol. The normalized spacial score (nSPS) is 21.1. The number of halogens is 1. The molecule has 7 heteroatoms. The summed E-state index contributed by atoms with van der Waals surface area (Å²) in [5.74, 6) is -0.638. The number of carbonyl (C=O) groups excluding carboxylic acids is 1. The number of aromatic amines is 1. The average Bonchev–Trinajstić information content (AvgIpc) is 2.62. The van der Waals surface area contributed by atoms with E-state index in [2.05, 4.69) is 21.7 Å². The fraction of sp³-hybridized carbons (Fsp3) is 0.421. The summed E-state index contributed by atoms with van der Waals surface area (Å²) in [5.41, 5.74) is 0.487. The molecule has 0 spiro atoms. The molecule has 0 bridgehead atoms. The van der Waals surface area contributed by atoms with E-state index in [9.17, 15) is 14.0 Å². The molecule has 136 valence electrons. The van der Waals surface area contributed by atoms with Crippen molar-refractivity contribution in [2.24, 2.45) is 5.92 Å². The first kappa shape index (κ1) is 18.1.